The minimum absolute atomic E-state index is 0.477. The van der Waals surface area contributed by atoms with Gasteiger partial charge in [0.2, 0.25) is 0 Å². The van der Waals surface area contributed by atoms with Crippen molar-refractivity contribution >= 4 is 11.6 Å². The molecular weight excluding hydrogens is 244 g/mol. The van der Waals surface area contributed by atoms with E-state index in [1.807, 2.05) is 12.1 Å². The molecule has 2 unspecified atom stereocenters. The summed E-state index contributed by atoms with van der Waals surface area (Å²) in [5.74, 6) is 0.690. The molecule has 3 rings (SSSR count). The Morgan fingerprint density at radius 1 is 1.28 bits per heavy atom. The average Bonchev–Trinajstić information content (AvgIpc) is 3.12. The maximum absolute atomic E-state index is 6.36. The summed E-state index contributed by atoms with van der Waals surface area (Å²) >= 11 is 6.36. The number of halogens is 1. The summed E-state index contributed by atoms with van der Waals surface area (Å²) in [4.78, 5) is 2.44. The van der Waals surface area contributed by atoms with Crippen LogP contribution in [0.25, 0.3) is 0 Å². The van der Waals surface area contributed by atoms with Gasteiger partial charge in [-0.1, -0.05) is 29.8 Å². The van der Waals surface area contributed by atoms with Gasteiger partial charge in [0.15, 0.2) is 0 Å². The second-order valence-electron chi connectivity index (χ2n) is 5.68. The number of hydrogen-bond acceptors (Lipinski definition) is 2. The number of nitrogens with one attached hydrogen (secondary N) is 1. The zero-order valence-electron chi connectivity index (χ0n) is 10.9. The summed E-state index contributed by atoms with van der Waals surface area (Å²) in [6, 6.07) is 9.57. The van der Waals surface area contributed by atoms with Gasteiger partial charge in [-0.3, -0.25) is 4.90 Å². The van der Waals surface area contributed by atoms with Crippen molar-refractivity contribution in [2.45, 2.75) is 31.3 Å². The van der Waals surface area contributed by atoms with Crippen LogP contribution in [0.15, 0.2) is 24.3 Å². The Bertz CT molecular complexity index is 417. The second-order valence-corrected chi connectivity index (χ2v) is 6.09. The van der Waals surface area contributed by atoms with Gasteiger partial charge >= 0.3 is 0 Å². The lowest BCUT2D eigenvalue weighted by Gasteiger charge is -2.26. The van der Waals surface area contributed by atoms with Crippen LogP contribution in [0.4, 0.5) is 0 Å². The zero-order valence-corrected chi connectivity index (χ0v) is 11.7. The Morgan fingerprint density at radius 3 is 2.78 bits per heavy atom. The van der Waals surface area contributed by atoms with E-state index >= 15 is 0 Å². The van der Waals surface area contributed by atoms with E-state index in [1.54, 1.807) is 0 Å². The number of benzene rings is 1. The minimum Gasteiger partial charge on any atom is -0.314 e. The molecule has 2 atom stereocenters. The van der Waals surface area contributed by atoms with Crippen molar-refractivity contribution in [2.24, 2.45) is 5.92 Å². The first kappa shape index (κ1) is 12.5. The van der Waals surface area contributed by atoms with Gasteiger partial charge in [-0.15, -0.1) is 0 Å². The summed E-state index contributed by atoms with van der Waals surface area (Å²) in [6.07, 6.45) is 3.99. The number of hydrogen-bond donors (Lipinski definition) is 1. The van der Waals surface area contributed by atoms with Gasteiger partial charge in [0, 0.05) is 23.7 Å². The maximum Gasteiger partial charge on any atom is 0.0453 e. The maximum atomic E-state index is 6.36. The molecule has 1 aliphatic carbocycles. The van der Waals surface area contributed by atoms with Crippen LogP contribution in [-0.4, -0.2) is 31.1 Å². The summed E-state index contributed by atoms with van der Waals surface area (Å²) in [5, 5.41) is 4.58. The zero-order chi connectivity index (χ0) is 12.5. The molecule has 1 saturated carbocycles. The lowest BCUT2D eigenvalue weighted by molar-refractivity contribution is 0.272. The minimum atomic E-state index is 0.477. The summed E-state index contributed by atoms with van der Waals surface area (Å²) < 4.78 is 0. The Hall–Kier alpha value is -0.570. The highest BCUT2D eigenvalue weighted by molar-refractivity contribution is 6.31. The molecule has 2 fully saturated rings. The van der Waals surface area contributed by atoms with E-state index in [9.17, 15) is 0 Å². The van der Waals surface area contributed by atoms with Crippen LogP contribution in [0.3, 0.4) is 0 Å². The molecule has 1 aromatic carbocycles. The van der Waals surface area contributed by atoms with Crippen LogP contribution in [0.5, 0.6) is 0 Å². The largest absolute Gasteiger partial charge is 0.314 e. The van der Waals surface area contributed by atoms with Gasteiger partial charge in [0.1, 0.15) is 0 Å². The van der Waals surface area contributed by atoms with Crippen molar-refractivity contribution in [3.63, 3.8) is 0 Å². The Morgan fingerprint density at radius 2 is 2.06 bits per heavy atom. The van der Waals surface area contributed by atoms with Gasteiger partial charge in [-0.2, -0.15) is 0 Å². The van der Waals surface area contributed by atoms with E-state index in [0.29, 0.717) is 12.0 Å². The predicted octanol–water partition coefficient (Wildman–Crippen LogP) is 3.08. The highest BCUT2D eigenvalue weighted by Gasteiger charge is 2.34. The third-order valence-corrected chi connectivity index (χ3v) is 4.59. The highest BCUT2D eigenvalue weighted by atomic mass is 35.5. The van der Waals surface area contributed by atoms with Gasteiger partial charge < -0.3 is 5.32 Å². The summed E-state index contributed by atoms with van der Waals surface area (Å²) in [7, 11) is 2.21. The van der Waals surface area contributed by atoms with Crippen LogP contribution < -0.4 is 5.32 Å². The van der Waals surface area contributed by atoms with Gasteiger partial charge in [0.25, 0.3) is 0 Å². The molecule has 1 saturated heterocycles. The topological polar surface area (TPSA) is 15.3 Å². The first-order valence-corrected chi connectivity index (χ1v) is 7.31. The molecule has 0 bridgehead atoms. The van der Waals surface area contributed by atoms with E-state index in [1.165, 1.54) is 31.4 Å². The SMILES string of the molecule is CN1CCC(CNC2CC2)C1c1ccccc1Cl. The van der Waals surface area contributed by atoms with E-state index in [4.69, 9.17) is 11.6 Å². The van der Waals surface area contributed by atoms with Crippen molar-refractivity contribution in [1.82, 2.24) is 10.2 Å². The molecule has 1 aromatic rings. The average molecular weight is 265 g/mol. The van der Waals surface area contributed by atoms with Crippen molar-refractivity contribution in [2.75, 3.05) is 20.1 Å². The van der Waals surface area contributed by atoms with Crippen LogP contribution in [-0.2, 0) is 0 Å². The van der Waals surface area contributed by atoms with E-state index < -0.39 is 0 Å². The van der Waals surface area contributed by atoms with Crippen molar-refractivity contribution in [3.8, 4) is 0 Å². The van der Waals surface area contributed by atoms with Crippen molar-refractivity contribution < 1.29 is 0 Å². The molecule has 2 nitrogen and oxygen atoms in total. The molecule has 0 radical (unpaired) electrons. The van der Waals surface area contributed by atoms with Crippen LogP contribution in [0, 0.1) is 5.92 Å². The molecular formula is C15H21ClN2. The molecule has 1 N–H and O–H groups in total. The normalized spacial score (nSPS) is 28.8. The number of rotatable bonds is 4. The smallest absolute Gasteiger partial charge is 0.0453 e. The standard InChI is InChI=1S/C15H21ClN2/c1-18-9-8-11(10-17-12-6-7-12)15(18)13-4-2-3-5-14(13)16/h2-5,11-12,15,17H,6-10H2,1H3. The van der Waals surface area contributed by atoms with Crippen LogP contribution in [0.1, 0.15) is 30.9 Å². The summed E-state index contributed by atoms with van der Waals surface area (Å²) in [5.41, 5.74) is 1.29. The monoisotopic (exact) mass is 264 g/mol. The Labute approximate surface area is 114 Å². The fourth-order valence-corrected chi connectivity index (χ4v) is 3.30. The third kappa shape index (κ3) is 2.56. The van der Waals surface area contributed by atoms with Crippen molar-refractivity contribution in [3.05, 3.63) is 34.9 Å². The number of nitrogens with zero attached hydrogens (tertiary/aromatic N) is 1. The fraction of sp³-hybridized carbons (Fsp3) is 0.600. The quantitative estimate of drug-likeness (QED) is 0.899. The molecule has 2 aliphatic rings. The lowest BCUT2D eigenvalue weighted by Crippen LogP contribution is -2.29. The van der Waals surface area contributed by atoms with Gasteiger partial charge in [0.05, 0.1) is 0 Å². The number of likely N-dealkylation sites (tertiary alicyclic amines) is 1. The first-order valence-electron chi connectivity index (χ1n) is 6.94. The van der Waals surface area contributed by atoms with E-state index in [0.717, 1.165) is 17.6 Å². The molecule has 0 aromatic heterocycles. The van der Waals surface area contributed by atoms with Crippen LogP contribution in [0.2, 0.25) is 5.02 Å². The molecule has 98 valence electrons. The Kier molecular flexibility index (Phi) is 3.60. The van der Waals surface area contributed by atoms with Crippen LogP contribution >= 0.6 is 11.6 Å². The molecule has 0 spiro atoms. The van der Waals surface area contributed by atoms with E-state index in [2.05, 4.69) is 29.4 Å². The van der Waals surface area contributed by atoms with E-state index in [-0.39, 0.29) is 0 Å². The Balaban J connectivity index is 1.75. The summed E-state index contributed by atoms with van der Waals surface area (Å²) in [6.45, 7) is 2.30. The first-order chi connectivity index (χ1) is 8.75. The van der Waals surface area contributed by atoms with Crippen molar-refractivity contribution in [1.29, 1.82) is 0 Å². The molecule has 18 heavy (non-hydrogen) atoms. The predicted molar refractivity (Wildman–Crippen MR) is 76.0 cm³/mol. The lowest BCUT2D eigenvalue weighted by atomic mass is 9.93. The third-order valence-electron chi connectivity index (χ3n) is 4.24. The fourth-order valence-electron chi connectivity index (χ4n) is 3.05. The molecule has 3 heteroatoms. The second kappa shape index (κ2) is 5.20. The molecule has 1 aliphatic heterocycles. The molecule has 1 heterocycles. The van der Waals surface area contributed by atoms with Gasteiger partial charge in [-0.05, 0) is 50.4 Å². The molecule has 0 amide bonds. The highest BCUT2D eigenvalue weighted by Crippen LogP contribution is 2.39. The van der Waals surface area contributed by atoms with Gasteiger partial charge in [-0.25, -0.2) is 0 Å².